The molecular weight excluding hydrogens is 512 g/mol. The number of halogens is 3. The SMILES string of the molecule is CC.Cc1sc2c(F)ccc(F)c2c1Cl.O=CN(Cc1cccc(-c2ncccn2)c1)C1CCCCC1. The zero-order chi connectivity index (χ0) is 26.8. The van der Waals surface area contributed by atoms with Crippen LogP contribution < -0.4 is 0 Å². The van der Waals surface area contributed by atoms with Gasteiger partial charge in [0.2, 0.25) is 6.41 Å². The molecule has 1 amide bonds. The van der Waals surface area contributed by atoms with Crippen molar-refractivity contribution in [2.75, 3.05) is 0 Å². The second-order valence-electron chi connectivity index (χ2n) is 8.55. The highest BCUT2D eigenvalue weighted by Gasteiger charge is 2.20. The standard InChI is InChI=1S/C18H21N3O.C9H5ClF2S.C2H6/c22-14-21(17-8-2-1-3-9-17)13-15-6-4-7-16(12-15)18-19-10-5-11-20-18;1-4-8(10)7-5(11)2-3-6(12)9(7)13-4;1-2/h4-7,10-12,14,17H,1-3,8-9,13H2;2-3H,1H3;1-2H3. The number of amides is 1. The lowest BCUT2D eigenvalue weighted by molar-refractivity contribution is -0.121. The molecule has 8 heteroatoms. The van der Waals surface area contributed by atoms with Gasteiger partial charge in [-0.05, 0) is 49.6 Å². The van der Waals surface area contributed by atoms with Crippen LogP contribution in [-0.2, 0) is 11.3 Å². The first-order chi connectivity index (χ1) is 18.0. The molecule has 0 atom stereocenters. The Morgan fingerprint density at radius 2 is 1.70 bits per heavy atom. The van der Waals surface area contributed by atoms with Gasteiger partial charge in [-0.2, -0.15) is 0 Å². The third-order valence-electron chi connectivity index (χ3n) is 6.14. The molecule has 0 N–H and O–H groups in total. The van der Waals surface area contributed by atoms with Crippen molar-refractivity contribution in [1.82, 2.24) is 14.9 Å². The van der Waals surface area contributed by atoms with Crippen molar-refractivity contribution in [1.29, 1.82) is 0 Å². The van der Waals surface area contributed by atoms with E-state index >= 15 is 0 Å². The fraction of sp³-hybridized carbons (Fsp3) is 0.345. The van der Waals surface area contributed by atoms with Gasteiger partial charge in [0.05, 0.1) is 15.1 Å². The number of aryl methyl sites for hydroxylation is 1. The van der Waals surface area contributed by atoms with E-state index in [1.807, 2.05) is 36.9 Å². The van der Waals surface area contributed by atoms with Gasteiger partial charge in [-0.15, -0.1) is 11.3 Å². The van der Waals surface area contributed by atoms with E-state index in [9.17, 15) is 13.6 Å². The molecule has 1 aliphatic carbocycles. The Labute approximate surface area is 226 Å². The predicted octanol–water partition coefficient (Wildman–Crippen LogP) is 8.60. The lowest BCUT2D eigenvalue weighted by atomic mass is 9.94. The highest BCUT2D eigenvalue weighted by Crippen LogP contribution is 2.37. The van der Waals surface area contributed by atoms with Crippen molar-refractivity contribution in [2.45, 2.75) is 65.5 Å². The maximum absolute atomic E-state index is 13.2. The van der Waals surface area contributed by atoms with Gasteiger partial charge >= 0.3 is 0 Å². The number of thiophene rings is 1. The Morgan fingerprint density at radius 3 is 2.35 bits per heavy atom. The molecule has 4 aromatic rings. The summed E-state index contributed by atoms with van der Waals surface area (Å²) in [7, 11) is 0. The summed E-state index contributed by atoms with van der Waals surface area (Å²) in [6.07, 6.45) is 10.5. The lowest BCUT2D eigenvalue weighted by Crippen LogP contribution is -2.35. The molecule has 1 saturated carbocycles. The van der Waals surface area contributed by atoms with Crippen molar-refractivity contribution in [2.24, 2.45) is 0 Å². The van der Waals surface area contributed by atoms with E-state index in [1.54, 1.807) is 19.3 Å². The minimum absolute atomic E-state index is 0.198. The third-order valence-corrected chi connectivity index (χ3v) is 7.84. The van der Waals surface area contributed by atoms with Gasteiger partial charge in [0.25, 0.3) is 0 Å². The molecule has 1 aliphatic rings. The molecule has 37 heavy (non-hydrogen) atoms. The van der Waals surface area contributed by atoms with Crippen LogP contribution in [0.15, 0.2) is 54.9 Å². The maximum Gasteiger partial charge on any atom is 0.210 e. The van der Waals surface area contributed by atoms with Crippen molar-refractivity contribution < 1.29 is 13.6 Å². The number of hydrogen-bond acceptors (Lipinski definition) is 4. The van der Waals surface area contributed by atoms with E-state index in [2.05, 4.69) is 22.1 Å². The summed E-state index contributed by atoms with van der Waals surface area (Å²) in [5.41, 5.74) is 2.12. The molecule has 0 bridgehead atoms. The minimum Gasteiger partial charge on any atom is -0.338 e. The van der Waals surface area contributed by atoms with E-state index < -0.39 is 11.6 Å². The zero-order valence-electron chi connectivity index (χ0n) is 21.4. The van der Waals surface area contributed by atoms with Gasteiger partial charge in [-0.3, -0.25) is 4.79 Å². The molecular formula is C29H32ClF2N3OS. The molecule has 0 aliphatic heterocycles. The molecule has 0 unspecified atom stereocenters. The summed E-state index contributed by atoms with van der Waals surface area (Å²) >= 11 is 7.00. The fourth-order valence-electron chi connectivity index (χ4n) is 4.34. The first kappa shape index (κ1) is 28.7. The van der Waals surface area contributed by atoms with E-state index in [0.717, 1.165) is 53.2 Å². The van der Waals surface area contributed by atoms with Crippen LogP contribution in [0.5, 0.6) is 0 Å². The van der Waals surface area contributed by atoms with Gasteiger partial charge in [-0.1, -0.05) is 62.9 Å². The highest BCUT2D eigenvalue weighted by atomic mass is 35.5. The minimum atomic E-state index is -0.467. The monoisotopic (exact) mass is 543 g/mol. The van der Waals surface area contributed by atoms with Crippen molar-refractivity contribution in [3.63, 3.8) is 0 Å². The molecule has 2 aromatic heterocycles. The summed E-state index contributed by atoms with van der Waals surface area (Å²) in [5, 5.41) is 0.515. The van der Waals surface area contributed by atoms with Gasteiger partial charge in [0, 0.05) is 35.4 Å². The summed E-state index contributed by atoms with van der Waals surface area (Å²) < 4.78 is 26.6. The van der Waals surface area contributed by atoms with Crippen molar-refractivity contribution in [3.05, 3.63) is 82.0 Å². The Morgan fingerprint density at radius 1 is 1.03 bits per heavy atom. The van der Waals surface area contributed by atoms with Crippen LogP contribution >= 0.6 is 22.9 Å². The number of benzene rings is 2. The number of nitrogens with zero attached hydrogens (tertiary/aromatic N) is 3. The normalized spacial score (nSPS) is 13.2. The number of aromatic nitrogens is 2. The van der Waals surface area contributed by atoms with Crippen LogP contribution in [0, 0.1) is 18.6 Å². The second kappa shape index (κ2) is 14.1. The lowest BCUT2D eigenvalue weighted by Gasteiger charge is -2.31. The summed E-state index contributed by atoms with van der Waals surface area (Å²) in [4.78, 5) is 22.7. The van der Waals surface area contributed by atoms with Crippen LogP contribution in [0.4, 0.5) is 8.78 Å². The smallest absolute Gasteiger partial charge is 0.210 e. The van der Waals surface area contributed by atoms with Crippen LogP contribution in [0.2, 0.25) is 5.02 Å². The Kier molecular flexibility index (Phi) is 11.0. The Hall–Kier alpha value is -2.90. The van der Waals surface area contributed by atoms with Crippen LogP contribution in [0.3, 0.4) is 0 Å². The number of hydrogen-bond donors (Lipinski definition) is 0. The fourth-order valence-corrected chi connectivity index (χ4v) is 5.67. The van der Waals surface area contributed by atoms with E-state index in [-0.39, 0.29) is 5.39 Å². The first-order valence-corrected chi connectivity index (χ1v) is 13.8. The largest absolute Gasteiger partial charge is 0.338 e. The summed E-state index contributed by atoms with van der Waals surface area (Å²) in [5.74, 6) is -0.165. The molecule has 2 heterocycles. The maximum atomic E-state index is 13.2. The molecule has 2 aromatic carbocycles. The van der Waals surface area contributed by atoms with E-state index in [4.69, 9.17) is 11.6 Å². The number of carbonyl (C=O) groups is 1. The summed E-state index contributed by atoms with van der Waals surface area (Å²) in [6, 6.07) is 12.6. The van der Waals surface area contributed by atoms with E-state index in [0.29, 0.717) is 22.3 Å². The number of carbonyl (C=O) groups excluding carboxylic acids is 1. The molecule has 4 nitrogen and oxygen atoms in total. The summed E-state index contributed by atoms with van der Waals surface area (Å²) in [6.45, 7) is 6.40. The molecule has 5 rings (SSSR count). The first-order valence-electron chi connectivity index (χ1n) is 12.6. The molecule has 0 spiro atoms. The second-order valence-corrected chi connectivity index (χ2v) is 10.2. The van der Waals surface area contributed by atoms with Crippen LogP contribution in [-0.4, -0.2) is 27.3 Å². The van der Waals surface area contributed by atoms with Crippen LogP contribution in [0.25, 0.3) is 21.5 Å². The molecule has 0 saturated heterocycles. The number of fused-ring (bicyclic) bond motifs is 1. The zero-order valence-corrected chi connectivity index (χ0v) is 23.0. The Balaban J connectivity index is 0.000000216. The quantitative estimate of drug-likeness (QED) is 0.237. The topological polar surface area (TPSA) is 46.1 Å². The Bertz CT molecular complexity index is 1290. The third kappa shape index (κ3) is 7.33. The molecule has 0 radical (unpaired) electrons. The van der Waals surface area contributed by atoms with Crippen molar-refractivity contribution in [3.8, 4) is 11.4 Å². The predicted molar refractivity (Wildman–Crippen MR) is 149 cm³/mol. The number of rotatable bonds is 5. The van der Waals surface area contributed by atoms with Gasteiger partial charge in [0.1, 0.15) is 11.6 Å². The molecule has 196 valence electrons. The van der Waals surface area contributed by atoms with Gasteiger partial charge < -0.3 is 4.90 Å². The molecule has 1 fully saturated rings. The van der Waals surface area contributed by atoms with Gasteiger partial charge in [0.15, 0.2) is 5.82 Å². The average molecular weight is 544 g/mol. The van der Waals surface area contributed by atoms with E-state index in [1.165, 1.54) is 30.6 Å². The van der Waals surface area contributed by atoms with Gasteiger partial charge in [-0.25, -0.2) is 18.7 Å². The van der Waals surface area contributed by atoms with Crippen molar-refractivity contribution >= 4 is 39.4 Å². The average Bonchev–Trinajstić information content (AvgIpc) is 3.27. The van der Waals surface area contributed by atoms with Crippen LogP contribution in [0.1, 0.15) is 56.4 Å². The highest BCUT2D eigenvalue weighted by molar-refractivity contribution is 7.19.